The number of likely N-dealkylation sites (N-methyl/N-ethyl adjacent to an activating group) is 1. The van der Waals surface area contributed by atoms with Gasteiger partial charge in [0.15, 0.2) is 6.61 Å². The summed E-state index contributed by atoms with van der Waals surface area (Å²) in [6, 6.07) is 7.12. The van der Waals surface area contributed by atoms with Crippen LogP contribution in [0.1, 0.15) is 18.6 Å². The number of halogens is 1. The van der Waals surface area contributed by atoms with Crippen molar-refractivity contribution in [3.8, 4) is 5.75 Å². The van der Waals surface area contributed by atoms with Crippen LogP contribution in [0.2, 0.25) is 5.02 Å². The summed E-state index contributed by atoms with van der Waals surface area (Å²) in [5, 5.41) is 7.58. The summed E-state index contributed by atoms with van der Waals surface area (Å²) in [5.41, 5.74) is 0.935. The van der Waals surface area contributed by atoms with Gasteiger partial charge in [-0.2, -0.15) is 4.98 Å². The van der Waals surface area contributed by atoms with E-state index in [0.29, 0.717) is 22.5 Å². The van der Waals surface area contributed by atoms with Crippen molar-refractivity contribution in [3.63, 3.8) is 0 Å². The third kappa shape index (κ3) is 4.08. The molecule has 0 amide bonds. The lowest BCUT2D eigenvalue weighted by Crippen LogP contribution is -2.04. The number of nitrogens with zero attached hydrogens (tertiary/aromatic N) is 2. The van der Waals surface area contributed by atoms with E-state index in [1.165, 1.54) is 0 Å². The highest BCUT2D eigenvalue weighted by molar-refractivity contribution is 6.30. The van der Waals surface area contributed by atoms with Crippen molar-refractivity contribution in [2.45, 2.75) is 13.5 Å². The highest BCUT2D eigenvalue weighted by atomic mass is 35.5. The fourth-order valence-electron chi connectivity index (χ4n) is 1.49. The molecule has 0 radical (unpaired) electrons. The maximum Gasteiger partial charge on any atom is 0.253 e. The molecule has 0 aliphatic heterocycles. The number of nitrogens with one attached hydrogen (secondary N) is 1. The molecule has 0 atom stereocenters. The summed E-state index contributed by atoms with van der Waals surface area (Å²) in [6.45, 7) is 2.93. The van der Waals surface area contributed by atoms with E-state index >= 15 is 0 Å². The lowest BCUT2D eigenvalue weighted by Gasteiger charge is -2.02. The van der Waals surface area contributed by atoms with Gasteiger partial charge in [0, 0.05) is 17.1 Å². The van der Waals surface area contributed by atoms with Crippen molar-refractivity contribution in [2.75, 3.05) is 13.6 Å². The van der Waals surface area contributed by atoms with Crippen molar-refractivity contribution in [2.24, 2.45) is 0 Å². The van der Waals surface area contributed by atoms with E-state index in [1.807, 2.05) is 20.0 Å². The fraction of sp³-hybridized carbons (Fsp3) is 0.286. The number of aromatic nitrogens is 2. The minimum atomic E-state index is 0.254. The van der Waals surface area contributed by atoms with Gasteiger partial charge >= 0.3 is 0 Å². The first kappa shape index (κ1) is 14.6. The molecule has 0 unspecified atom stereocenters. The lowest BCUT2D eigenvalue weighted by atomic mass is 10.3. The highest BCUT2D eigenvalue weighted by Crippen LogP contribution is 2.17. The Morgan fingerprint density at radius 2 is 2.15 bits per heavy atom. The minimum absolute atomic E-state index is 0.254. The smallest absolute Gasteiger partial charge is 0.253 e. The molecule has 0 bridgehead atoms. The Morgan fingerprint density at radius 1 is 1.40 bits per heavy atom. The highest BCUT2D eigenvalue weighted by Gasteiger charge is 2.08. The molecular weight excluding hydrogens is 278 g/mol. The molecule has 1 N–H and O–H groups in total. The molecule has 5 nitrogen and oxygen atoms in total. The van der Waals surface area contributed by atoms with Crippen LogP contribution in [-0.2, 0) is 6.61 Å². The first-order valence-electron chi connectivity index (χ1n) is 6.21. The van der Waals surface area contributed by atoms with Crippen molar-refractivity contribution < 1.29 is 9.26 Å². The molecule has 106 valence electrons. The van der Waals surface area contributed by atoms with Crippen LogP contribution in [0.4, 0.5) is 0 Å². The van der Waals surface area contributed by atoms with Crippen LogP contribution in [0.15, 0.2) is 34.9 Å². The van der Waals surface area contributed by atoms with Gasteiger partial charge in [0.25, 0.3) is 5.89 Å². The van der Waals surface area contributed by atoms with Gasteiger partial charge in [-0.25, -0.2) is 0 Å². The number of rotatable bonds is 6. The Labute approximate surface area is 122 Å². The molecule has 6 heteroatoms. The second kappa shape index (κ2) is 7.07. The maximum absolute atomic E-state index is 5.80. The zero-order chi connectivity index (χ0) is 14.4. The van der Waals surface area contributed by atoms with Crippen molar-refractivity contribution >= 4 is 17.2 Å². The Morgan fingerprint density at radius 3 is 2.85 bits per heavy atom. The molecular formula is C14H16ClN3O2. The van der Waals surface area contributed by atoms with Crippen LogP contribution in [0.3, 0.4) is 0 Å². The van der Waals surface area contributed by atoms with E-state index < -0.39 is 0 Å². The molecule has 1 aromatic carbocycles. The average molecular weight is 294 g/mol. The summed E-state index contributed by atoms with van der Waals surface area (Å²) >= 11 is 5.80. The van der Waals surface area contributed by atoms with Crippen molar-refractivity contribution in [1.82, 2.24) is 15.5 Å². The third-order valence-electron chi connectivity index (χ3n) is 2.60. The molecule has 0 saturated heterocycles. The first-order chi connectivity index (χ1) is 9.69. The van der Waals surface area contributed by atoms with Crippen LogP contribution in [0.25, 0.3) is 5.57 Å². The summed E-state index contributed by atoms with van der Waals surface area (Å²) in [4.78, 5) is 4.27. The minimum Gasteiger partial charge on any atom is -0.485 e. The van der Waals surface area contributed by atoms with Gasteiger partial charge in [0.05, 0.1) is 0 Å². The normalized spacial score (nSPS) is 11.7. The van der Waals surface area contributed by atoms with E-state index in [2.05, 4.69) is 15.5 Å². The predicted octanol–water partition coefficient (Wildman–Crippen LogP) is 2.92. The number of ether oxygens (including phenoxy) is 1. The van der Waals surface area contributed by atoms with Gasteiger partial charge in [-0.15, -0.1) is 0 Å². The molecule has 20 heavy (non-hydrogen) atoms. The van der Waals surface area contributed by atoms with E-state index in [9.17, 15) is 0 Å². The molecule has 0 saturated carbocycles. The molecule has 1 aromatic heterocycles. The van der Waals surface area contributed by atoms with Crippen LogP contribution in [-0.4, -0.2) is 23.7 Å². The van der Waals surface area contributed by atoms with Gasteiger partial charge in [0.1, 0.15) is 5.75 Å². The molecule has 1 heterocycles. The van der Waals surface area contributed by atoms with E-state index in [1.54, 1.807) is 24.3 Å². The number of hydrogen-bond donors (Lipinski definition) is 1. The zero-order valence-corrected chi connectivity index (χ0v) is 12.1. The van der Waals surface area contributed by atoms with Crippen molar-refractivity contribution in [1.29, 1.82) is 0 Å². The summed E-state index contributed by atoms with van der Waals surface area (Å²) in [6.07, 6.45) is 1.98. The van der Waals surface area contributed by atoms with Crippen LogP contribution >= 0.6 is 11.6 Å². The van der Waals surface area contributed by atoms with Crippen LogP contribution < -0.4 is 10.1 Å². The zero-order valence-electron chi connectivity index (χ0n) is 11.4. The number of hydrogen-bond acceptors (Lipinski definition) is 5. The first-order valence-corrected chi connectivity index (χ1v) is 6.59. The van der Waals surface area contributed by atoms with Gasteiger partial charge < -0.3 is 14.6 Å². The Bertz CT molecular complexity index is 578. The Hall–Kier alpha value is -1.85. The van der Waals surface area contributed by atoms with Gasteiger partial charge in [0.2, 0.25) is 5.82 Å². The van der Waals surface area contributed by atoms with Gasteiger partial charge in [-0.05, 0) is 38.2 Å². The van der Waals surface area contributed by atoms with E-state index in [-0.39, 0.29) is 6.61 Å². The summed E-state index contributed by atoms with van der Waals surface area (Å²) < 4.78 is 10.7. The van der Waals surface area contributed by atoms with Crippen LogP contribution in [0, 0.1) is 0 Å². The van der Waals surface area contributed by atoms with E-state index in [0.717, 1.165) is 12.1 Å². The van der Waals surface area contributed by atoms with Crippen molar-refractivity contribution in [3.05, 3.63) is 47.1 Å². The molecule has 2 rings (SSSR count). The molecule has 0 fully saturated rings. The molecule has 0 spiro atoms. The van der Waals surface area contributed by atoms with Crippen LogP contribution in [0.5, 0.6) is 5.75 Å². The quantitative estimate of drug-likeness (QED) is 0.887. The monoisotopic (exact) mass is 293 g/mol. The van der Waals surface area contributed by atoms with E-state index in [4.69, 9.17) is 20.9 Å². The lowest BCUT2D eigenvalue weighted by molar-refractivity contribution is 0.286. The van der Waals surface area contributed by atoms with Gasteiger partial charge in [-0.1, -0.05) is 22.8 Å². The Balaban J connectivity index is 1.94. The summed E-state index contributed by atoms with van der Waals surface area (Å²) in [5.74, 6) is 1.73. The standard InChI is InChI=1S/C14H16ClN3O2/c1-10(7-8-16-2)14-17-13(18-20-14)9-19-12-5-3-11(15)4-6-12/h3-7,16H,8-9H2,1-2H3/b10-7+. The average Bonchev–Trinajstić information content (AvgIpc) is 2.93. The second-order valence-electron chi connectivity index (χ2n) is 4.20. The molecule has 0 aliphatic carbocycles. The van der Waals surface area contributed by atoms with Gasteiger partial charge in [-0.3, -0.25) is 0 Å². The second-order valence-corrected chi connectivity index (χ2v) is 4.64. The third-order valence-corrected chi connectivity index (χ3v) is 2.85. The largest absolute Gasteiger partial charge is 0.485 e. The maximum atomic E-state index is 5.80. The fourth-order valence-corrected chi connectivity index (χ4v) is 1.62. The number of allylic oxidation sites excluding steroid dienone is 1. The summed E-state index contributed by atoms with van der Waals surface area (Å²) in [7, 11) is 1.88. The molecule has 0 aliphatic rings. The SMILES string of the molecule is CNC/C=C(\C)c1nc(COc2ccc(Cl)cc2)no1. The number of benzene rings is 1. The Kier molecular flexibility index (Phi) is 5.15. The molecule has 2 aromatic rings. The predicted molar refractivity (Wildman–Crippen MR) is 77.7 cm³/mol. The topological polar surface area (TPSA) is 60.2 Å².